The first kappa shape index (κ1) is 15.7. The van der Waals surface area contributed by atoms with E-state index in [1.165, 1.54) is 10.4 Å². The summed E-state index contributed by atoms with van der Waals surface area (Å²) in [4.78, 5) is 0.0353. The van der Waals surface area contributed by atoms with E-state index < -0.39 is 15.8 Å². The smallest absolute Gasteiger partial charge is 0.244 e. The fourth-order valence-corrected chi connectivity index (χ4v) is 5.03. The molecule has 1 atom stereocenters. The van der Waals surface area contributed by atoms with Gasteiger partial charge in [-0.1, -0.05) is 13.3 Å². The van der Waals surface area contributed by atoms with E-state index in [2.05, 4.69) is 22.9 Å². The Kier molecular flexibility index (Phi) is 4.71. The third-order valence-electron chi connectivity index (χ3n) is 3.73. The highest BCUT2D eigenvalue weighted by atomic mass is 79.9. The molecule has 1 saturated heterocycles. The molecule has 1 fully saturated rings. The van der Waals surface area contributed by atoms with Gasteiger partial charge in [-0.05, 0) is 46.8 Å². The van der Waals surface area contributed by atoms with Crippen LogP contribution in [0.15, 0.2) is 21.5 Å². The van der Waals surface area contributed by atoms with Crippen molar-refractivity contribution in [3.8, 4) is 0 Å². The lowest BCUT2D eigenvalue weighted by Crippen LogP contribution is -2.39. The number of piperidine rings is 1. The highest BCUT2D eigenvalue weighted by molar-refractivity contribution is 9.10. The van der Waals surface area contributed by atoms with Crippen LogP contribution in [0.3, 0.4) is 0 Å². The topological polar surface area (TPSA) is 63.4 Å². The van der Waals surface area contributed by atoms with Crippen molar-refractivity contribution < 1.29 is 12.8 Å². The molecule has 0 spiro atoms. The first-order chi connectivity index (χ1) is 9.36. The normalized spacial score (nSPS) is 21.1. The van der Waals surface area contributed by atoms with Gasteiger partial charge in [0.05, 0.1) is 10.6 Å². The third kappa shape index (κ3) is 2.99. The lowest BCUT2D eigenvalue weighted by Gasteiger charge is -2.31. The monoisotopic (exact) mass is 364 g/mol. The van der Waals surface area contributed by atoms with Crippen molar-refractivity contribution in [2.24, 2.45) is 5.92 Å². The molecule has 0 radical (unpaired) electrons. The van der Waals surface area contributed by atoms with Crippen LogP contribution < -0.4 is 5.73 Å². The molecule has 1 aromatic rings. The fraction of sp³-hybridized carbons (Fsp3) is 0.538. The summed E-state index contributed by atoms with van der Waals surface area (Å²) in [6.07, 6.45) is 2.86. The molecule has 1 aromatic carbocycles. The Balaban J connectivity index is 2.37. The van der Waals surface area contributed by atoms with Gasteiger partial charge in [0, 0.05) is 17.6 Å². The Labute approximate surface area is 127 Å². The van der Waals surface area contributed by atoms with E-state index in [4.69, 9.17) is 5.73 Å². The van der Waals surface area contributed by atoms with Gasteiger partial charge in [0.15, 0.2) is 0 Å². The highest BCUT2D eigenvalue weighted by Crippen LogP contribution is 2.31. The Bertz CT molecular complexity index is 607. The zero-order valence-electron chi connectivity index (χ0n) is 11.3. The van der Waals surface area contributed by atoms with Crippen LogP contribution in [0.1, 0.15) is 26.2 Å². The van der Waals surface area contributed by atoms with Gasteiger partial charge in [0.2, 0.25) is 10.0 Å². The number of rotatable bonds is 3. The quantitative estimate of drug-likeness (QED) is 0.838. The number of benzene rings is 1. The van der Waals surface area contributed by atoms with E-state index >= 15 is 0 Å². The van der Waals surface area contributed by atoms with E-state index in [0.29, 0.717) is 19.0 Å². The highest BCUT2D eigenvalue weighted by Gasteiger charge is 2.31. The summed E-state index contributed by atoms with van der Waals surface area (Å²) in [6.45, 7) is 3.08. The predicted molar refractivity (Wildman–Crippen MR) is 80.3 cm³/mol. The molecule has 0 amide bonds. The van der Waals surface area contributed by atoms with Gasteiger partial charge in [-0.2, -0.15) is 4.31 Å². The van der Waals surface area contributed by atoms with Crippen molar-refractivity contribution in [1.82, 2.24) is 4.31 Å². The number of halogens is 2. The van der Waals surface area contributed by atoms with Crippen molar-refractivity contribution >= 4 is 31.6 Å². The van der Waals surface area contributed by atoms with Gasteiger partial charge in [0.1, 0.15) is 5.82 Å². The van der Waals surface area contributed by atoms with Crippen molar-refractivity contribution in [2.75, 3.05) is 18.8 Å². The van der Waals surface area contributed by atoms with E-state index in [0.717, 1.165) is 25.3 Å². The second-order valence-corrected chi connectivity index (χ2v) is 7.84. The number of anilines is 1. The Hall–Kier alpha value is -0.660. The first-order valence-electron chi connectivity index (χ1n) is 6.61. The van der Waals surface area contributed by atoms with Crippen molar-refractivity contribution in [3.05, 3.63) is 22.4 Å². The van der Waals surface area contributed by atoms with E-state index in [1.54, 1.807) is 0 Å². The van der Waals surface area contributed by atoms with E-state index in [1.807, 2.05) is 0 Å². The Morgan fingerprint density at radius 3 is 2.85 bits per heavy atom. The third-order valence-corrected chi connectivity index (χ3v) is 6.55. The molecule has 2 rings (SSSR count). The molecular weight excluding hydrogens is 347 g/mol. The summed E-state index contributed by atoms with van der Waals surface area (Å²) >= 11 is 3.11. The maximum absolute atomic E-state index is 13.3. The van der Waals surface area contributed by atoms with Gasteiger partial charge in [-0.15, -0.1) is 0 Å². The molecule has 0 bridgehead atoms. The Morgan fingerprint density at radius 1 is 1.50 bits per heavy atom. The lowest BCUT2D eigenvalue weighted by atomic mass is 9.97. The number of hydrogen-bond acceptors (Lipinski definition) is 3. The van der Waals surface area contributed by atoms with Gasteiger partial charge in [-0.25, -0.2) is 12.8 Å². The second-order valence-electron chi connectivity index (χ2n) is 5.08. The average Bonchev–Trinajstić information content (AvgIpc) is 2.42. The summed E-state index contributed by atoms with van der Waals surface area (Å²) in [5.41, 5.74) is 5.33. The van der Waals surface area contributed by atoms with Crippen LogP contribution in [0.2, 0.25) is 0 Å². The van der Waals surface area contributed by atoms with Crippen molar-refractivity contribution in [2.45, 2.75) is 31.1 Å². The van der Waals surface area contributed by atoms with Crippen LogP contribution in [-0.4, -0.2) is 25.8 Å². The van der Waals surface area contributed by atoms with Crippen LogP contribution >= 0.6 is 15.9 Å². The molecule has 112 valence electrons. The Morgan fingerprint density at radius 2 is 2.20 bits per heavy atom. The second kappa shape index (κ2) is 5.99. The van der Waals surface area contributed by atoms with Gasteiger partial charge < -0.3 is 5.73 Å². The molecule has 1 heterocycles. The molecule has 7 heteroatoms. The molecule has 1 aliphatic rings. The lowest BCUT2D eigenvalue weighted by molar-refractivity contribution is 0.261. The predicted octanol–water partition coefficient (Wildman–Crippen LogP) is 2.98. The first-order valence-corrected chi connectivity index (χ1v) is 8.84. The van der Waals surface area contributed by atoms with Crippen LogP contribution in [0.25, 0.3) is 0 Å². The number of nitrogen functional groups attached to an aromatic ring is 1. The maximum Gasteiger partial charge on any atom is 0.244 e. The molecule has 0 saturated carbocycles. The molecule has 4 nitrogen and oxygen atoms in total. The van der Waals surface area contributed by atoms with Gasteiger partial charge in [0.25, 0.3) is 0 Å². The zero-order chi connectivity index (χ0) is 14.9. The molecule has 0 aliphatic carbocycles. The summed E-state index contributed by atoms with van der Waals surface area (Å²) in [5, 5.41) is 0. The van der Waals surface area contributed by atoms with Crippen LogP contribution in [-0.2, 0) is 10.0 Å². The minimum Gasteiger partial charge on any atom is -0.396 e. The van der Waals surface area contributed by atoms with Crippen LogP contribution in [0.5, 0.6) is 0 Å². The molecule has 2 N–H and O–H groups in total. The van der Waals surface area contributed by atoms with Gasteiger partial charge in [-0.3, -0.25) is 0 Å². The molecular formula is C13H18BrFN2O2S. The van der Waals surface area contributed by atoms with Crippen LogP contribution in [0, 0.1) is 11.7 Å². The van der Waals surface area contributed by atoms with Crippen LogP contribution in [0.4, 0.5) is 10.1 Å². The van der Waals surface area contributed by atoms with Crippen molar-refractivity contribution in [1.29, 1.82) is 0 Å². The van der Waals surface area contributed by atoms with Crippen molar-refractivity contribution in [3.63, 3.8) is 0 Å². The maximum atomic E-state index is 13.3. The molecule has 1 aliphatic heterocycles. The van der Waals surface area contributed by atoms with E-state index in [9.17, 15) is 12.8 Å². The standard InChI is InChI=1S/C13H18BrFN2O2S/c1-2-9-4-3-5-17(8-9)20(18,19)13-7-12(16)11(15)6-10(13)14/h6-7,9H,2-5,8,16H2,1H3. The number of sulfonamides is 1. The van der Waals surface area contributed by atoms with Gasteiger partial charge >= 0.3 is 0 Å². The summed E-state index contributed by atoms with van der Waals surface area (Å²) in [5.74, 6) is -0.240. The molecule has 1 unspecified atom stereocenters. The number of nitrogens with two attached hydrogens (primary N) is 1. The summed E-state index contributed by atoms with van der Waals surface area (Å²) < 4.78 is 40.3. The molecule has 0 aromatic heterocycles. The summed E-state index contributed by atoms with van der Waals surface area (Å²) in [6, 6.07) is 2.29. The average molecular weight is 365 g/mol. The molecule has 20 heavy (non-hydrogen) atoms. The largest absolute Gasteiger partial charge is 0.396 e. The zero-order valence-corrected chi connectivity index (χ0v) is 13.7. The fourth-order valence-electron chi connectivity index (χ4n) is 2.46. The minimum atomic E-state index is -3.64. The number of nitrogens with zero attached hydrogens (tertiary/aromatic N) is 1. The van der Waals surface area contributed by atoms with E-state index in [-0.39, 0.29) is 15.1 Å². The number of hydrogen-bond donors (Lipinski definition) is 1. The minimum absolute atomic E-state index is 0.0353. The SMILES string of the molecule is CCC1CCCN(S(=O)(=O)c2cc(N)c(F)cc2Br)C1. The summed E-state index contributed by atoms with van der Waals surface area (Å²) in [7, 11) is -3.64.